The summed E-state index contributed by atoms with van der Waals surface area (Å²) in [5, 5.41) is 0.190. The number of carbonyl (C=O) groups excluding carboxylic acids is 1. The highest BCUT2D eigenvalue weighted by Gasteiger charge is 2.57. The molecule has 3 aliphatic heterocycles. The van der Waals surface area contributed by atoms with Crippen molar-refractivity contribution in [3.05, 3.63) is 108 Å². The van der Waals surface area contributed by atoms with Crippen molar-refractivity contribution in [3.8, 4) is 17.2 Å². The lowest BCUT2D eigenvalue weighted by atomic mass is 9.76. The SMILES string of the molecule is CCCCCCc1cc2c(cc1OCC)Oc1cc(N3CCc4ccccc43)ccc1C21OC(=O)c2c(Cl)c(Cl)c(Cl)c(Cl)c21. The number of nitrogens with zero attached hydrogens (tertiary/aromatic N) is 1. The first-order valence-corrected chi connectivity index (χ1v) is 16.9. The van der Waals surface area contributed by atoms with Gasteiger partial charge in [-0.25, -0.2) is 4.79 Å². The molecule has 0 aliphatic carbocycles. The molecule has 232 valence electrons. The number of halogens is 4. The third-order valence-corrected chi connectivity index (χ3v) is 10.8. The monoisotopic (exact) mass is 681 g/mol. The number of aryl methyl sites for hydroxylation is 1. The molecule has 4 aromatic carbocycles. The maximum absolute atomic E-state index is 13.8. The lowest BCUT2D eigenvalue weighted by Crippen LogP contribution is -2.33. The molecule has 4 aromatic rings. The Morgan fingerprint density at radius 2 is 1.64 bits per heavy atom. The van der Waals surface area contributed by atoms with E-state index in [9.17, 15) is 4.79 Å². The van der Waals surface area contributed by atoms with Gasteiger partial charge in [-0.1, -0.05) is 90.8 Å². The van der Waals surface area contributed by atoms with Crippen LogP contribution in [-0.2, 0) is 23.2 Å². The smallest absolute Gasteiger partial charge is 0.341 e. The summed E-state index contributed by atoms with van der Waals surface area (Å²) in [7, 11) is 0. The molecule has 3 aliphatic rings. The van der Waals surface area contributed by atoms with Crippen molar-refractivity contribution in [2.45, 2.75) is 58.0 Å². The molecule has 0 radical (unpaired) electrons. The predicted octanol–water partition coefficient (Wildman–Crippen LogP) is 11.1. The molecule has 0 fully saturated rings. The van der Waals surface area contributed by atoms with Crippen molar-refractivity contribution in [1.82, 2.24) is 0 Å². The number of anilines is 2. The van der Waals surface area contributed by atoms with Crippen LogP contribution in [0.5, 0.6) is 17.2 Å². The normalized spacial score (nSPS) is 17.5. The highest BCUT2D eigenvalue weighted by molar-refractivity contribution is 6.53. The standard InChI is InChI=1S/C36H31Cl4NO4/c1-3-5-6-7-11-21-17-24-28(19-26(21)43-4-2)44-27-18-22(41-16-15-20-10-8-9-12-25(20)41)13-14-23(27)36(24)30-29(35(42)45-36)31(37)33(39)34(40)32(30)38/h8-10,12-14,17-19H,3-7,11,15-16H2,1-2H3. The molecule has 1 atom stereocenters. The minimum atomic E-state index is -1.48. The molecule has 3 heterocycles. The average molecular weight is 683 g/mol. The number of hydrogen-bond acceptors (Lipinski definition) is 5. The highest BCUT2D eigenvalue weighted by Crippen LogP contribution is 2.61. The van der Waals surface area contributed by atoms with Crippen molar-refractivity contribution in [2.75, 3.05) is 18.1 Å². The quantitative estimate of drug-likeness (QED) is 0.0801. The minimum absolute atomic E-state index is 0.00792. The van der Waals surface area contributed by atoms with Gasteiger partial charge in [-0.3, -0.25) is 0 Å². The molecule has 0 bridgehead atoms. The van der Waals surface area contributed by atoms with Gasteiger partial charge in [-0.15, -0.1) is 0 Å². The van der Waals surface area contributed by atoms with Gasteiger partial charge in [0.05, 0.1) is 32.3 Å². The fourth-order valence-electron chi connectivity index (χ4n) is 6.89. The molecule has 0 saturated heterocycles. The number of fused-ring (bicyclic) bond motifs is 7. The second-order valence-electron chi connectivity index (χ2n) is 11.6. The number of rotatable bonds is 8. The summed E-state index contributed by atoms with van der Waals surface area (Å²) >= 11 is 26.8. The lowest BCUT2D eigenvalue weighted by molar-refractivity contribution is 0.0224. The Morgan fingerprint density at radius 3 is 2.44 bits per heavy atom. The van der Waals surface area contributed by atoms with Crippen LogP contribution in [0.2, 0.25) is 20.1 Å². The van der Waals surface area contributed by atoms with E-state index in [1.807, 2.05) is 43.3 Å². The molecule has 7 rings (SSSR count). The largest absolute Gasteiger partial charge is 0.493 e. The summed E-state index contributed by atoms with van der Waals surface area (Å²) in [5.74, 6) is 1.13. The van der Waals surface area contributed by atoms with Crippen molar-refractivity contribution in [2.24, 2.45) is 0 Å². The van der Waals surface area contributed by atoms with E-state index in [0.717, 1.165) is 67.8 Å². The molecule has 5 nitrogen and oxygen atoms in total. The molecule has 9 heteroatoms. The second kappa shape index (κ2) is 11.9. The van der Waals surface area contributed by atoms with E-state index in [2.05, 4.69) is 30.0 Å². The second-order valence-corrected chi connectivity index (χ2v) is 13.1. The number of esters is 1. The molecule has 45 heavy (non-hydrogen) atoms. The van der Waals surface area contributed by atoms with E-state index in [1.165, 1.54) is 5.56 Å². The first-order valence-electron chi connectivity index (χ1n) is 15.4. The molecule has 0 saturated carbocycles. The van der Waals surface area contributed by atoms with Crippen LogP contribution in [-0.4, -0.2) is 19.1 Å². The Morgan fingerprint density at radius 1 is 0.867 bits per heavy atom. The zero-order valence-corrected chi connectivity index (χ0v) is 28.0. The Hall–Kier alpha value is -3.09. The summed E-state index contributed by atoms with van der Waals surface area (Å²) in [6.07, 6.45) is 6.10. The summed E-state index contributed by atoms with van der Waals surface area (Å²) in [6.45, 7) is 5.48. The molecular weight excluding hydrogens is 652 g/mol. The van der Waals surface area contributed by atoms with Gasteiger partial charge < -0.3 is 19.1 Å². The van der Waals surface area contributed by atoms with Crippen molar-refractivity contribution in [1.29, 1.82) is 0 Å². The number of hydrogen-bond donors (Lipinski definition) is 0. The molecule has 1 spiro atoms. The van der Waals surface area contributed by atoms with Crippen LogP contribution in [0.4, 0.5) is 11.4 Å². The third-order valence-electron chi connectivity index (χ3n) is 8.97. The Labute approximate surface area is 282 Å². The van der Waals surface area contributed by atoms with Crippen LogP contribution >= 0.6 is 46.4 Å². The van der Waals surface area contributed by atoms with Crippen molar-refractivity contribution < 1.29 is 19.0 Å². The van der Waals surface area contributed by atoms with Gasteiger partial charge in [0.25, 0.3) is 0 Å². The first-order chi connectivity index (χ1) is 21.8. The van der Waals surface area contributed by atoms with E-state index >= 15 is 0 Å². The van der Waals surface area contributed by atoms with Crippen LogP contribution < -0.4 is 14.4 Å². The van der Waals surface area contributed by atoms with Gasteiger partial charge in [0.1, 0.15) is 17.2 Å². The third kappa shape index (κ3) is 4.77. The zero-order chi connectivity index (χ0) is 31.5. The highest BCUT2D eigenvalue weighted by atomic mass is 35.5. The van der Waals surface area contributed by atoms with Gasteiger partial charge in [0.2, 0.25) is 0 Å². The lowest BCUT2D eigenvalue weighted by Gasteiger charge is -2.38. The fourth-order valence-corrected chi connectivity index (χ4v) is 7.95. The number of ether oxygens (including phenoxy) is 3. The number of carbonyl (C=O) groups is 1. The summed E-state index contributed by atoms with van der Waals surface area (Å²) in [6, 6.07) is 18.3. The summed E-state index contributed by atoms with van der Waals surface area (Å²) < 4.78 is 19.3. The maximum Gasteiger partial charge on any atom is 0.341 e. The van der Waals surface area contributed by atoms with Gasteiger partial charge in [0, 0.05) is 46.7 Å². The number of benzene rings is 4. The van der Waals surface area contributed by atoms with E-state index in [-0.39, 0.29) is 25.7 Å². The summed E-state index contributed by atoms with van der Waals surface area (Å²) in [4.78, 5) is 16.0. The van der Waals surface area contributed by atoms with Gasteiger partial charge in [0.15, 0.2) is 5.60 Å². The van der Waals surface area contributed by atoms with Crippen LogP contribution in [0.25, 0.3) is 0 Å². The molecule has 0 amide bonds. The van der Waals surface area contributed by atoms with Crippen LogP contribution in [0.3, 0.4) is 0 Å². The van der Waals surface area contributed by atoms with Gasteiger partial charge in [-0.2, -0.15) is 0 Å². The van der Waals surface area contributed by atoms with Gasteiger partial charge >= 0.3 is 5.97 Å². The van der Waals surface area contributed by atoms with Crippen molar-refractivity contribution in [3.63, 3.8) is 0 Å². The van der Waals surface area contributed by atoms with Gasteiger partial charge in [-0.05, 0) is 61.6 Å². The Balaban J connectivity index is 1.46. The predicted molar refractivity (Wildman–Crippen MR) is 181 cm³/mol. The molecule has 0 N–H and O–H groups in total. The van der Waals surface area contributed by atoms with Crippen LogP contribution in [0.1, 0.15) is 77.7 Å². The van der Waals surface area contributed by atoms with Crippen LogP contribution in [0.15, 0.2) is 54.6 Å². The van der Waals surface area contributed by atoms with Crippen molar-refractivity contribution >= 4 is 63.7 Å². The fraction of sp³-hybridized carbons (Fsp3) is 0.306. The van der Waals surface area contributed by atoms with E-state index in [1.54, 1.807) is 0 Å². The zero-order valence-electron chi connectivity index (χ0n) is 24.9. The van der Waals surface area contributed by atoms with Crippen LogP contribution in [0, 0.1) is 0 Å². The number of unbranched alkanes of at least 4 members (excludes halogenated alkanes) is 3. The topological polar surface area (TPSA) is 48.0 Å². The molecule has 0 aromatic heterocycles. The first kappa shape index (κ1) is 30.6. The number of para-hydroxylation sites is 1. The van der Waals surface area contributed by atoms with E-state index in [0.29, 0.717) is 34.8 Å². The summed E-state index contributed by atoms with van der Waals surface area (Å²) in [5.41, 5.74) is 4.64. The molecular formula is C36H31Cl4NO4. The van der Waals surface area contributed by atoms with E-state index < -0.39 is 11.6 Å². The van der Waals surface area contributed by atoms with E-state index in [4.69, 9.17) is 60.6 Å². The Bertz CT molecular complexity index is 1860. The minimum Gasteiger partial charge on any atom is -0.493 e. The molecule has 1 unspecified atom stereocenters. The maximum atomic E-state index is 13.8. The Kier molecular flexibility index (Phi) is 8.10. The average Bonchev–Trinajstić information content (AvgIpc) is 3.61.